The molecule has 1 aromatic heterocycles. The number of aliphatic hydroxyl groups is 1. The lowest BCUT2D eigenvalue weighted by molar-refractivity contribution is 0.0880. The van der Waals surface area contributed by atoms with Gasteiger partial charge in [0.05, 0.1) is 22.9 Å². The van der Waals surface area contributed by atoms with Crippen molar-refractivity contribution in [2.45, 2.75) is 13.0 Å². The maximum Gasteiger partial charge on any atom is 0.262 e. The Hall–Kier alpha value is -2.93. The van der Waals surface area contributed by atoms with E-state index in [0.717, 1.165) is 10.6 Å². The summed E-state index contributed by atoms with van der Waals surface area (Å²) in [7, 11) is 0. The molecule has 1 aliphatic rings. The van der Waals surface area contributed by atoms with Gasteiger partial charge in [0.25, 0.3) is 17.4 Å². The second kappa shape index (κ2) is 4.81. The molecule has 7 heteroatoms. The smallest absolute Gasteiger partial charge is 0.262 e. The van der Waals surface area contributed by atoms with Crippen LogP contribution >= 0.6 is 0 Å². The number of fused-ring (bicyclic) bond motifs is 1. The van der Waals surface area contributed by atoms with Crippen LogP contribution in [0.3, 0.4) is 0 Å². The van der Waals surface area contributed by atoms with Gasteiger partial charge in [0.15, 0.2) is 0 Å². The van der Waals surface area contributed by atoms with E-state index < -0.39 is 23.5 Å². The SMILES string of the molecule is CC(O)c1cccc(-n2c(N)c3c(cc2=O)C(=O)NC3=O)c1. The van der Waals surface area contributed by atoms with Crippen LogP contribution in [-0.4, -0.2) is 21.5 Å². The molecule has 2 aromatic rings. The molecule has 3 rings (SSSR count). The highest BCUT2D eigenvalue weighted by molar-refractivity contribution is 6.23. The van der Waals surface area contributed by atoms with Gasteiger partial charge >= 0.3 is 0 Å². The van der Waals surface area contributed by atoms with Crippen LogP contribution in [-0.2, 0) is 0 Å². The first-order valence-electron chi connectivity index (χ1n) is 6.59. The molecule has 1 aliphatic heterocycles. The number of hydrogen-bond donors (Lipinski definition) is 3. The second-order valence-corrected chi connectivity index (χ2v) is 5.05. The lowest BCUT2D eigenvalue weighted by Crippen LogP contribution is -2.24. The Labute approximate surface area is 125 Å². The van der Waals surface area contributed by atoms with E-state index in [1.807, 2.05) is 0 Å². The molecule has 4 N–H and O–H groups in total. The molecule has 0 saturated heterocycles. The molecule has 0 bridgehead atoms. The number of pyridine rings is 1. The molecule has 0 fully saturated rings. The monoisotopic (exact) mass is 299 g/mol. The van der Waals surface area contributed by atoms with Gasteiger partial charge in [0.1, 0.15) is 5.82 Å². The van der Waals surface area contributed by atoms with Crippen LogP contribution < -0.4 is 16.6 Å². The molecule has 22 heavy (non-hydrogen) atoms. The first-order valence-corrected chi connectivity index (χ1v) is 6.59. The molecule has 7 nitrogen and oxygen atoms in total. The Morgan fingerprint density at radius 2 is 1.91 bits per heavy atom. The van der Waals surface area contributed by atoms with Crippen molar-refractivity contribution in [3.63, 3.8) is 0 Å². The van der Waals surface area contributed by atoms with Gasteiger partial charge in [0, 0.05) is 6.07 Å². The average Bonchev–Trinajstić information content (AvgIpc) is 2.74. The van der Waals surface area contributed by atoms with E-state index in [-0.39, 0.29) is 16.9 Å². The number of nitrogens with zero attached hydrogens (tertiary/aromatic N) is 1. The quantitative estimate of drug-likeness (QED) is 0.693. The standard InChI is InChI=1S/C15H13N3O4/c1-7(19)8-3-2-4-9(5-8)18-11(20)6-10-12(13(18)16)15(22)17-14(10)21/h2-7,19H,16H2,1H3,(H,17,21,22). The Kier molecular flexibility index (Phi) is 3.07. The summed E-state index contributed by atoms with van der Waals surface area (Å²) < 4.78 is 1.14. The molecule has 0 saturated carbocycles. The molecule has 112 valence electrons. The zero-order chi connectivity index (χ0) is 16.0. The topological polar surface area (TPSA) is 114 Å². The summed E-state index contributed by atoms with van der Waals surface area (Å²) in [6.07, 6.45) is -0.712. The van der Waals surface area contributed by atoms with Crippen molar-refractivity contribution in [1.29, 1.82) is 0 Å². The Bertz CT molecular complexity index is 868. The van der Waals surface area contributed by atoms with Gasteiger partial charge < -0.3 is 10.8 Å². The molecule has 1 unspecified atom stereocenters. The third kappa shape index (κ3) is 1.99. The van der Waals surface area contributed by atoms with Crippen molar-refractivity contribution in [3.05, 3.63) is 57.4 Å². The summed E-state index contributed by atoms with van der Waals surface area (Å²) in [4.78, 5) is 35.7. The largest absolute Gasteiger partial charge is 0.389 e. The van der Waals surface area contributed by atoms with Crippen LogP contribution in [0.25, 0.3) is 5.69 Å². The van der Waals surface area contributed by atoms with Gasteiger partial charge in [0.2, 0.25) is 0 Å². The predicted molar refractivity (Wildman–Crippen MR) is 78.9 cm³/mol. The first kappa shape index (κ1) is 14.0. The first-order chi connectivity index (χ1) is 10.4. The molecular weight excluding hydrogens is 286 g/mol. The number of carbonyl (C=O) groups excluding carboxylic acids is 2. The lowest BCUT2D eigenvalue weighted by atomic mass is 10.1. The molecule has 0 aliphatic carbocycles. The van der Waals surface area contributed by atoms with Crippen molar-refractivity contribution >= 4 is 17.6 Å². The average molecular weight is 299 g/mol. The predicted octanol–water partition coefficient (Wildman–Crippen LogP) is 0.357. The number of nitrogens with one attached hydrogen (secondary N) is 1. The fourth-order valence-electron chi connectivity index (χ4n) is 2.47. The third-order valence-corrected chi connectivity index (χ3v) is 3.56. The highest BCUT2D eigenvalue weighted by Crippen LogP contribution is 2.24. The van der Waals surface area contributed by atoms with E-state index >= 15 is 0 Å². The molecule has 0 spiro atoms. The van der Waals surface area contributed by atoms with E-state index in [2.05, 4.69) is 5.32 Å². The minimum absolute atomic E-state index is 0.00736. The Morgan fingerprint density at radius 1 is 1.18 bits per heavy atom. The van der Waals surface area contributed by atoms with Crippen molar-refractivity contribution in [3.8, 4) is 5.69 Å². The van der Waals surface area contributed by atoms with Crippen molar-refractivity contribution in [2.75, 3.05) is 5.73 Å². The van der Waals surface area contributed by atoms with E-state index in [1.165, 1.54) is 0 Å². The summed E-state index contributed by atoms with van der Waals surface area (Å²) in [5, 5.41) is 11.7. The van der Waals surface area contributed by atoms with E-state index in [0.29, 0.717) is 11.3 Å². The fourth-order valence-corrected chi connectivity index (χ4v) is 2.47. The van der Waals surface area contributed by atoms with Crippen LogP contribution in [0.1, 0.15) is 39.3 Å². The summed E-state index contributed by atoms with van der Waals surface area (Å²) in [5.74, 6) is -1.36. The van der Waals surface area contributed by atoms with Gasteiger partial charge in [-0.15, -0.1) is 0 Å². The molecule has 1 atom stereocenters. The zero-order valence-electron chi connectivity index (χ0n) is 11.7. The van der Waals surface area contributed by atoms with Crippen LogP contribution in [0, 0.1) is 0 Å². The van der Waals surface area contributed by atoms with Gasteiger partial charge in [-0.1, -0.05) is 12.1 Å². The van der Waals surface area contributed by atoms with E-state index in [1.54, 1.807) is 31.2 Å². The minimum atomic E-state index is -0.712. The number of rotatable bonds is 2. The normalized spacial score (nSPS) is 14.6. The summed E-state index contributed by atoms with van der Waals surface area (Å²) >= 11 is 0. The number of amides is 2. The van der Waals surface area contributed by atoms with E-state index in [9.17, 15) is 19.5 Å². The zero-order valence-corrected chi connectivity index (χ0v) is 11.7. The molecular formula is C15H13N3O4. The van der Waals surface area contributed by atoms with Crippen LogP contribution in [0.5, 0.6) is 0 Å². The second-order valence-electron chi connectivity index (χ2n) is 5.05. The van der Waals surface area contributed by atoms with Gasteiger partial charge in [-0.2, -0.15) is 0 Å². The van der Waals surface area contributed by atoms with Crippen LogP contribution in [0.2, 0.25) is 0 Å². The van der Waals surface area contributed by atoms with Gasteiger partial charge in [-0.3, -0.25) is 24.3 Å². The number of carbonyl (C=O) groups is 2. The maximum atomic E-state index is 12.3. The summed E-state index contributed by atoms with van der Waals surface area (Å²) in [6, 6.07) is 7.69. The highest BCUT2D eigenvalue weighted by Gasteiger charge is 2.31. The number of aliphatic hydroxyl groups excluding tert-OH is 1. The minimum Gasteiger partial charge on any atom is -0.389 e. The molecule has 2 amide bonds. The van der Waals surface area contributed by atoms with E-state index in [4.69, 9.17) is 5.73 Å². The Morgan fingerprint density at radius 3 is 2.59 bits per heavy atom. The summed E-state index contributed by atoms with van der Waals surface area (Å²) in [5.41, 5.74) is 6.40. The number of nitrogens with two attached hydrogens (primary N) is 1. The highest BCUT2D eigenvalue weighted by atomic mass is 16.3. The van der Waals surface area contributed by atoms with Crippen LogP contribution in [0.15, 0.2) is 35.1 Å². The van der Waals surface area contributed by atoms with Crippen molar-refractivity contribution in [2.24, 2.45) is 0 Å². The number of benzene rings is 1. The lowest BCUT2D eigenvalue weighted by Gasteiger charge is -2.13. The fraction of sp³-hybridized carbons (Fsp3) is 0.133. The molecule has 0 radical (unpaired) electrons. The number of anilines is 1. The molecule has 1 aromatic carbocycles. The number of aromatic nitrogens is 1. The third-order valence-electron chi connectivity index (χ3n) is 3.56. The van der Waals surface area contributed by atoms with Crippen molar-refractivity contribution < 1.29 is 14.7 Å². The number of nitrogen functional groups attached to an aromatic ring is 1. The van der Waals surface area contributed by atoms with Gasteiger partial charge in [-0.05, 0) is 24.6 Å². The van der Waals surface area contributed by atoms with Crippen LogP contribution in [0.4, 0.5) is 5.82 Å². The molecule has 2 heterocycles. The van der Waals surface area contributed by atoms with Crippen molar-refractivity contribution in [1.82, 2.24) is 9.88 Å². The number of hydrogen-bond acceptors (Lipinski definition) is 5. The van der Waals surface area contributed by atoms with Gasteiger partial charge in [-0.25, -0.2) is 0 Å². The Balaban J connectivity index is 2.28. The maximum absolute atomic E-state index is 12.3. The summed E-state index contributed by atoms with van der Waals surface area (Å²) in [6.45, 7) is 1.60. The number of imide groups is 1.